The third-order valence-corrected chi connectivity index (χ3v) is 3.68. The minimum absolute atomic E-state index is 0.436. The topological polar surface area (TPSA) is 18.5 Å². The fraction of sp³-hybridized carbons (Fsp3) is 0.818. The zero-order valence-corrected chi connectivity index (χ0v) is 9.72. The Bertz CT molecular complexity index is 161. The quantitative estimate of drug-likeness (QED) is 0.481. The van der Waals surface area contributed by atoms with Gasteiger partial charge in [-0.15, -0.1) is 6.58 Å². The molecule has 0 aromatic rings. The molecule has 2 atom stereocenters. The van der Waals surface area contributed by atoms with Crippen LogP contribution >= 0.6 is 11.8 Å². The SMILES string of the molecule is C=CCC1CC(OCCOCC)CS1. The second-order valence-corrected chi connectivity index (χ2v) is 4.74. The summed E-state index contributed by atoms with van der Waals surface area (Å²) in [5.41, 5.74) is 0. The van der Waals surface area contributed by atoms with Crippen molar-refractivity contribution in [3.63, 3.8) is 0 Å². The van der Waals surface area contributed by atoms with E-state index in [0.717, 1.165) is 37.2 Å². The molecular formula is C11H20O2S. The van der Waals surface area contributed by atoms with Crippen LogP contribution in [0.15, 0.2) is 12.7 Å². The van der Waals surface area contributed by atoms with Crippen LogP contribution in [-0.2, 0) is 9.47 Å². The molecule has 0 N–H and O–H groups in total. The van der Waals surface area contributed by atoms with Crippen LogP contribution < -0.4 is 0 Å². The zero-order chi connectivity index (χ0) is 10.2. The van der Waals surface area contributed by atoms with E-state index in [1.807, 2.05) is 24.8 Å². The molecule has 82 valence electrons. The van der Waals surface area contributed by atoms with E-state index in [2.05, 4.69) is 6.58 Å². The Morgan fingerprint density at radius 3 is 3.07 bits per heavy atom. The summed E-state index contributed by atoms with van der Waals surface area (Å²) < 4.78 is 10.9. The average molecular weight is 216 g/mol. The lowest BCUT2D eigenvalue weighted by molar-refractivity contribution is 0.0170. The maximum atomic E-state index is 5.70. The maximum Gasteiger partial charge on any atom is 0.0704 e. The van der Waals surface area contributed by atoms with Crippen LogP contribution in [0.2, 0.25) is 0 Å². The monoisotopic (exact) mass is 216 g/mol. The molecule has 2 unspecified atom stereocenters. The normalized spacial score (nSPS) is 26.6. The van der Waals surface area contributed by atoms with Gasteiger partial charge in [-0.25, -0.2) is 0 Å². The predicted molar refractivity (Wildman–Crippen MR) is 61.9 cm³/mol. The van der Waals surface area contributed by atoms with Crippen molar-refractivity contribution >= 4 is 11.8 Å². The van der Waals surface area contributed by atoms with Crippen molar-refractivity contribution in [1.29, 1.82) is 0 Å². The largest absolute Gasteiger partial charge is 0.379 e. The third kappa shape index (κ3) is 4.49. The first-order valence-electron chi connectivity index (χ1n) is 5.28. The second kappa shape index (κ2) is 7.32. The highest BCUT2D eigenvalue weighted by atomic mass is 32.2. The molecule has 1 aliphatic rings. The first-order valence-corrected chi connectivity index (χ1v) is 6.33. The van der Waals surface area contributed by atoms with Crippen LogP contribution in [0, 0.1) is 0 Å². The van der Waals surface area contributed by atoms with Crippen LogP contribution in [0.4, 0.5) is 0 Å². The molecule has 14 heavy (non-hydrogen) atoms. The van der Waals surface area contributed by atoms with Crippen molar-refractivity contribution in [1.82, 2.24) is 0 Å². The van der Waals surface area contributed by atoms with E-state index in [4.69, 9.17) is 9.47 Å². The van der Waals surface area contributed by atoms with Gasteiger partial charge >= 0.3 is 0 Å². The lowest BCUT2D eigenvalue weighted by Gasteiger charge is -2.10. The molecule has 1 saturated heterocycles. The number of hydrogen-bond donors (Lipinski definition) is 0. The number of hydrogen-bond acceptors (Lipinski definition) is 3. The number of allylic oxidation sites excluding steroid dienone is 1. The van der Waals surface area contributed by atoms with E-state index in [-0.39, 0.29) is 0 Å². The van der Waals surface area contributed by atoms with Crippen LogP contribution in [0.25, 0.3) is 0 Å². The minimum atomic E-state index is 0.436. The average Bonchev–Trinajstić information content (AvgIpc) is 2.61. The molecule has 1 rings (SSSR count). The fourth-order valence-electron chi connectivity index (χ4n) is 1.56. The van der Waals surface area contributed by atoms with E-state index in [1.165, 1.54) is 6.42 Å². The number of thioether (sulfide) groups is 1. The van der Waals surface area contributed by atoms with Crippen molar-refractivity contribution in [2.45, 2.75) is 31.1 Å². The van der Waals surface area contributed by atoms with E-state index in [0.29, 0.717) is 6.10 Å². The van der Waals surface area contributed by atoms with E-state index in [1.54, 1.807) is 0 Å². The lowest BCUT2D eigenvalue weighted by atomic mass is 10.2. The number of ether oxygens (including phenoxy) is 2. The van der Waals surface area contributed by atoms with E-state index >= 15 is 0 Å². The first-order chi connectivity index (χ1) is 6.86. The van der Waals surface area contributed by atoms with Crippen molar-refractivity contribution in [3.05, 3.63) is 12.7 Å². The van der Waals surface area contributed by atoms with E-state index in [9.17, 15) is 0 Å². The summed E-state index contributed by atoms with van der Waals surface area (Å²) in [5.74, 6) is 1.13. The first kappa shape index (κ1) is 12.1. The zero-order valence-electron chi connectivity index (χ0n) is 8.91. The van der Waals surface area contributed by atoms with Crippen molar-refractivity contribution in [2.24, 2.45) is 0 Å². The highest BCUT2D eigenvalue weighted by molar-refractivity contribution is 8.00. The Hall–Kier alpha value is 0.0100. The molecule has 0 aromatic carbocycles. The Labute approximate surface area is 91.0 Å². The molecule has 0 saturated carbocycles. The van der Waals surface area contributed by atoms with Gasteiger partial charge < -0.3 is 9.47 Å². The molecule has 3 heteroatoms. The highest BCUT2D eigenvalue weighted by Crippen LogP contribution is 2.30. The third-order valence-electron chi connectivity index (χ3n) is 2.26. The van der Waals surface area contributed by atoms with Gasteiger partial charge in [-0.1, -0.05) is 6.08 Å². The molecule has 0 radical (unpaired) electrons. The molecule has 0 aromatic heterocycles. The van der Waals surface area contributed by atoms with Gasteiger partial charge in [0.2, 0.25) is 0 Å². The summed E-state index contributed by atoms with van der Waals surface area (Å²) in [5, 5.41) is 0.726. The lowest BCUT2D eigenvalue weighted by Crippen LogP contribution is -2.16. The summed E-state index contributed by atoms with van der Waals surface area (Å²) >= 11 is 2.00. The van der Waals surface area contributed by atoms with Crippen molar-refractivity contribution in [3.8, 4) is 0 Å². The Morgan fingerprint density at radius 1 is 1.50 bits per heavy atom. The molecule has 1 fully saturated rings. The van der Waals surface area contributed by atoms with Crippen molar-refractivity contribution in [2.75, 3.05) is 25.6 Å². The van der Waals surface area contributed by atoms with E-state index < -0.39 is 0 Å². The fourth-order valence-corrected chi connectivity index (χ4v) is 2.90. The maximum absolute atomic E-state index is 5.70. The highest BCUT2D eigenvalue weighted by Gasteiger charge is 2.24. The van der Waals surface area contributed by atoms with Gasteiger partial charge in [0.15, 0.2) is 0 Å². The van der Waals surface area contributed by atoms with Gasteiger partial charge in [0.1, 0.15) is 0 Å². The van der Waals surface area contributed by atoms with Gasteiger partial charge in [-0.05, 0) is 19.8 Å². The van der Waals surface area contributed by atoms with Crippen LogP contribution in [-0.4, -0.2) is 36.9 Å². The van der Waals surface area contributed by atoms with Gasteiger partial charge in [0.25, 0.3) is 0 Å². The van der Waals surface area contributed by atoms with Crippen LogP contribution in [0.3, 0.4) is 0 Å². The summed E-state index contributed by atoms with van der Waals surface area (Å²) in [4.78, 5) is 0. The van der Waals surface area contributed by atoms with Crippen molar-refractivity contribution < 1.29 is 9.47 Å². The van der Waals surface area contributed by atoms with Crippen LogP contribution in [0.5, 0.6) is 0 Å². The predicted octanol–water partition coefficient (Wildman–Crippen LogP) is 2.49. The van der Waals surface area contributed by atoms with Gasteiger partial charge in [-0.3, -0.25) is 0 Å². The molecule has 0 aliphatic carbocycles. The molecular weight excluding hydrogens is 196 g/mol. The smallest absolute Gasteiger partial charge is 0.0704 e. The van der Waals surface area contributed by atoms with Crippen LogP contribution in [0.1, 0.15) is 19.8 Å². The molecule has 2 nitrogen and oxygen atoms in total. The molecule has 1 aliphatic heterocycles. The van der Waals surface area contributed by atoms with Gasteiger partial charge in [0.05, 0.1) is 19.3 Å². The van der Waals surface area contributed by atoms with Gasteiger partial charge in [-0.2, -0.15) is 11.8 Å². The molecule has 0 amide bonds. The summed E-state index contributed by atoms with van der Waals surface area (Å²) in [6.45, 7) is 8.01. The minimum Gasteiger partial charge on any atom is -0.379 e. The summed E-state index contributed by atoms with van der Waals surface area (Å²) in [6, 6.07) is 0. The second-order valence-electron chi connectivity index (χ2n) is 3.41. The summed E-state index contributed by atoms with van der Waals surface area (Å²) in [7, 11) is 0. The Morgan fingerprint density at radius 2 is 2.36 bits per heavy atom. The standard InChI is InChI=1S/C11H20O2S/c1-3-5-11-8-10(9-14-11)13-7-6-12-4-2/h3,10-11H,1,4-9H2,2H3. The molecule has 0 bridgehead atoms. The Kier molecular flexibility index (Phi) is 6.32. The Balaban J connectivity index is 2.01. The molecule has 1 heterocycles. The number of rotatable bonds is 7. The summed E-state index contributed by atoms with van der Waals surface area (Å²) in [6.07, 6.45) is 4.71. The molecule has 0 spiro atoms. The van der Waals surface area contributed by atoms with Gasteiger partial charge in [0, 0.05) is 17.6 Å².